The number of imidazole rings is 1. The number of fused-ring (bicyclic) bond motifs is 3. The number of pyridine rings is 1. The Morgan fingerprint density at radius 3 is 2.92 bits per heavy atom. The number of nitrogens with zero attached hydrogens (tertiary/aromatic N) is 5. The fourth-order valence-corrected chi connectivity index (χ4v) is 4.04. The first-order chi connectivity index (χ1) is 11.6. The van der Waals surface area contributed by atoms with Gasteiger partial charge < -0.3 is 14.5 Å². The van der Waals surface area contributed by atoms with Gasteiger partial charge in [0, 0.05) is 43.2 Å². The van der Waals surface area contributed by atoms with Crippen LogP contribution in [0.25, 0.3) is 22.1 Å². The summed E-state index contributed by atoms with van der Waals surface area (Å²) in [5, 5.41) is 9.93. The number of nitriles is 1. The third kappa shape index (κ3) is 2.28. The zero-order chi connectivity index (χ0) is 16.7. The molecule has 4 rings (SSSR count). The Labute approximate surface area is 141 Å². The zero-order valence-corrected chi connectivity index (χ0v) is 14.2. The number of rotatable bonds is 3. The third-order valence-electron chi connectivity index (χ3n) is 5.38. The lowest BCUT2D eigenvalue weighted by Crippen LogP contribution is -2.44. The van der Waals surface area contributed by atoms with Crippen LogP contribution in [0.3, 0.4) is 0 Å². The topological polar surface area (TPSA) is 73.5 Å². The molecule has 0 bridgehead atoms. The summed E-state index contributed by atoms with van der Waals surface area (Å²) < 4.78 is 2.42. The van der Waals surface area contributed by atoms with Crippen molar-refractivity contribution in [1.29, 1.82) is 5.26 Å². The lowest BCUT2D eigenvalue weighted by molar-refractivity contribution is 0.127. The molecule has 0 aromatic carbocycles. The Morgan fingerprint density at radius 2 is 2.17 bits per heavy atom. The van der Waals surface area contributed by atoms with E-state index in [2.05, 4.69) is 45.4 Å². The van der Waals surface area contributed by atoms with Gasteiger partial charge in [0.1, 0.15) is 17.0 Å². The van der Waals surface area contributed by atoms with Crippen LogP contribution in [-0.4, -0.2) is 44.1 Å². The first-order valence-electron chi connectivity index (χ1n) is 8.53. The largest absolute Gasteiger partial charge is 0.346 e. The van der Waals surface area contributed by atoms with Crippen molar-refractivity contribution in [2.24, 2.45) is 0 Å². The minimum Gasteiger partial charge on any atom is -0.346 e. The molecule has 3 aromatic heterocycles. The summed E-state index contributed by atoms with van der Waals surface area (Å²) in [6.07, 6.45) is 6.55. The van der Waals surface area contributed by atoms with Crippen LogP contribution in [0.15, 0.2) is 18.5 Å². The quantitative estimate of drug-likeness (QED) is 0.804. The van der Waals surface area contributed by atoms with Crippen molar-refractivity contribution in [2.75, 3.05) is 19.6 Å². The summed E-state index contributed by atoms with van der Waals surface area (Å²) in [6.45, 7) is 7.35. The van der Waals surface area contributed by atoms with Crippen molar-refractivity contribution in [3.63, 3.8) is 0 Å². The van der Waals surface area contributed by atoms with E-state index < -0.39 is 0 Å². The van der Waals surface area contributed by atoms with Gasteiger partial charge in [-0.15, -0.1) is 0 Å². The highest BCUT2D eigenvalue weighted by Crippen LogP contribution is 2.36. The van der Waals surface area contributed by atoms with E-state index in [1.165, 1.54) is 5.52 Å². The first-order valence-corrected chi connectivity index (χ1v) is 8.53. The Morgan fingerprint density at radius 1 is 1.38 bits per heavy atom. The maximum atomic E-state index is 8.79. The lowest BCUT2D eigenvalue weighted by atomic mass is 9.88. The SMILES string of the molecule is Cc1nc2cnc3[nH]ccc3c2n1C1(C)CCN(CCC#N)CC1. The van der Waals surface area contributed by atoms with Crippen LogP contribution >= 0.6 is 0 Å². The molecule has 124 valence electrons. The van der Waals surface area contributed by atoms with E-state index in [0.29, 0.717) is 6.42 Å². The summed E-state index contributed by atoms with van der Waals surface area (Å²) in [7, 11) is 0. The number of nitrogens with one attached hydrogen (secondary N) is 1. The number of hydrogen-bond donors (Lipinski definition) is 1. The molecule has 0 aliphatic carbocycles. The predicted octanol–water partition coefficient (Wildman–Crippen LogP) is 2.95. The Hall–Kier alpha value is -2.39. The maximum Gasteiger partial charge on any atom is 0.139 e. The molecule has 6 heteroatoms. The molecule has 0 radical (unpaired) electrons. The van der Waals surface area contributed by atoms with E-state index in [4.69, 9.17) is 10.2 Å². The number of aromatic amines is 1. The average molecular weight is 322 g/mol. The van der Waals surface area contributed by atoms with Crippen LogP contribution in [0.1, 0.15) is 32.0 Å². The van der Waals surface area contributed by atoms with Gasteiger partial charge in [0.2, 0.25) is 0 Å². The highest BCUT2D eigenvalue weighted by atomic mass is 15.2. The summed E-state index contributed by atoms with van der Waals surface area (Å²) in [5.41, 5.74) is 3.12. The van der Waals surface area contributed by atoms with Gasteiger partial charge in [0.25, 0.3) is 0 Å². The molecule has 24 heavy (non-hydrogen) atoms. The fourth-order valence-electron chi connectivity index (χ4n) is 4.04. The minimum atomic E-state index is 0.0491. The molecular formula is C18H22N6. The number of H-pyrrole nitrogens is 1. The number of piperidine rings is 1. The number of aryl methyl sites for hydroxylation is 1. The maximum absolute atomic E-state index is 8.79. The van der Waals surface area contributed by atoms with E-state index in [1.54, 1.807) is 0 Å². The van der Waals surface area contributed by atoms with Gasteiger partial charge in [-0.05, 0) is 32.8 Å². The molecule has 0 unspecified atom stereocenters. The van der Waals surface area contributed by atoms with Gasteiger partial charge in [-0.3, -0.25) is 0 Å². The van der Waals surface area contributed by atoms with Crippen molar-refractivity contribution in [2.45, 2.75) is 38.6 Å². The van der Waals surface area contributed by atoms with Crippen LogP contribution in [0.5, 0.6) is 0 Å². The molecule has 1 saturated heterocycles. The van der Waals surface area contributed by atoms with Crippen LogP contribution < -0.4 is 0 Å². The van der Waals surface area contributed by atoms with Gasteiger partial charge in [0.05, 0.1) is 17.8 Å². The van der Waals surface area contributed by atoms with Crippen molar-refractivity contribution >= 4 is 22.1 Å². The summed E-state index contributed by atoms with van der Waals surface area (Å²) in [5.74, 6) is 1.05. The van der Waals surface area contributed by atoms with E-state index in [9.17, 15) is 0 Å². The average Bonchev–Trinajstić information content (AvgIpc) is 3.17. The molecule has 6 nitrogen and oxygen atoms in total. The third-order valence-corrected chi connectivity index (χ3v) is 5.38. The normalized spacial score (nSPS) is 18.2. The molecule has 0 atom stereocenters. The fraction of sp³-hybridized carbons (Fsp3) is 0.500. The number of hydrogen-bond acceptors (Lipinski definition) is 4. The van der Waals surface area contributed by atoms with E-state index >= 15 is 0 Å². The lowest BCUT2D eigenvalue weighted by Gasteiger charge is -2.41. The Kier molecular flexibility index (Phi) is 3.54. The van der Waals surface area contributed by atoms with Crippen molar-refractivity contribution in [3.05, 3.63) is 24.3 Å². The Balaban J connectivity index is 1.75. The molecule has 1 N–H and O–H groups in total. The molecule has 1 aliphatic heterocycles. The highest BCUT2D eigenvalue weighted by molar-refractivity contribution is 6.01. The second-order valence-corrected chi connectivity index (χ2v) is 6.97. The van der Waals surface area contributed by atoms with Gasteiger partial charge in [0.15, 0.2) is 0 Å². The molecule has 1 fully saturated rings. The Bertz CT molecular complexity index is 920. The van der Waals surface area contributed by atoms with Gasteiger partial charge in [-0.1, -0.05) is 0 Å². The van der Waals surface area contributed by atoms with Crippen LogP contribution in [0, 0.1) is 18.3 Å². The monoisotopic (exact) mass is 322 g/mol. The molecular weight excluding hydrogens is 300 g/mol. The second kappa shape index (κ2) is 5.60. The van der Waals surface area contributed by atoms with E-state index in [0.717, 1.165) is 54.9 Å². The van der Waals surface area contributed by atoms with Crippen molar-refractivity contribution in [3.8, 4) is 6.07 Å². The number of aromatic nitrogens is 4. The van der Waals surface area contributed by atoms with E-state index in [1.807, 2.05) is 12.4 Å². The highest BCUT2D eigenvalue weighted by Gasteiger charge is 2.34. The second-order valence-electron chi connectivity index (χ2n) is 6.97. The molecule has 1 aliphatic rings. The molecule has 3 aromatic rings. The smallest absolute Gasteiger partial charge is 0.139 e. The van der Waals surface area contributed by atoms with Gasteiger partial charge in [-0.2, -0.15) is 5.26 Å². The van der Waals surface area contributed by atoms with Gasteiger partial charge >= 0.3 is 0 Å². The zero-order valence-electron chi connectivity index (χ0n) is 14.2. The summed E-state index contributed by atoms with van der Waals surface area (Å²) >= 11 is 0. The van der Waals surface area contributed by atoms with Crippen LogP contribution in [0.4, 0.5) is 0 Å². The van der Waals surface area contributed by atoms with Crippen molar-refractivity contribution in [1.82, 2.24) is 24.4 Å². The summed E-state index contributed by atoms with van der Waals surface area (Å²) in [6, 6.07) is 4.34. The molecule has 0 spiro atoms. The van der Waals surface area contributed by atoms with Crippen LogP contribution in [0.2, 0.25) is 0 Å². The van der Waals surface area contributed by atoms with Crippen LogP contribution in [-0.2, 0) is 5.54 Å². The standard InChI is InChI=1S/C18H22N6/c1-13-22-15-12-21-17-14(4-8-20-17)16(15)24(13)18(2)5-10-23(11-6-18)9-3-7-19/h4,8,12H,3,5-6,9-11H2,1-2H3,(H,20,21). The molecule has 0 saturated carbocycles. The van der Waals surface area contributed by atoms with E-state index in [-0.39, 0.29) is 5.54 Å². The van der Waals surface area contributed by atoms with Gasteiger partial charge in [-0.25, -0.2) is 9.97 Å². The predicted molar refractivity (Wildman–Crippen MR) is 93.7 cm³/mol. The molecule has 0 amide bonds. The van der Waals surface area contributed by atoms with Crippen molar-refractivity contribution < 1.29 is 0 Å². The first kappa shape index (κ1) is 15.2. The summed E-state index contributed by atoms with van der Waals surface area (Å²) in [4.78, 5) is 14.8. The number of likely N-dealkylation sites (tertiary alicyclic amines) is 1. The molecule has 4 heterocycles. The minimum absolute atomic E-state index is 0.0491.